The maximum absolute atomic E-state index is 11.4. The summed E-state index contributed by atoms with van der Waals surface area (Å²) in [7, 11) is 0. The van der Waals surface area contributed by atoms with Crippen LogP contribution < -0.4 is 5.32 Å². The standard InChI is InChI=1S/C13H25NO2.H2/c1-4-5-8-14-13(15)16-12-7-6-10(2)11(3)9-12;/h10-12H,4-9H2,1-3H3,(H,14,15);1H. The van der Waals surface area contributed by atoms with E-state index in [2.05, 4.69) is 26.1 Å². The van der Waals surface area contributed by atoms with Gasteiger partial charge in [0.1, 0.15) is 6.10 Å². The van der Waals surface area contributed by atoms with Crippen LogP contribution in [-0.2, 0) is 4.74 Å². The van der Waals surface area contributed by atoms with Crippen LogP contribution in [0.25, 0.3) is 0 Å². The molecule has 1 aliphatic carbocycles. The van der Waals surface area contributed by atoms with E-state index in [0.29, 0.717) is 5.92 Å². The van der Waals surface area contributed by atoms with E-state index in [1.807, 2.05) is 0 Å². The first kappa shape index (κ1) is 13.3. The SMILES string of the molecule is CCCCNC(=O)OC1CCC(C)C(C)C1.[HH]. The maximum Gasteiger partial charge on any atom is 0.407 e. The highest BCUT2D eigenvalue weighted by Crippen LogP contribution is 2.30. The summed E-state index contributed by atoms with van der Waals surface area (Å²) in [6.07, 6.45) is 5.22. The van der Waals surface area contributed by atoms with Gasteiger partial charge in [-0.25, -0.2) is 4.79 Å². The van der Waals surface area contributed by atoms with Crippen molar-refractivity contribution in [1.29, 1.82) is 0 Å². The number of amides is 1. The Kier molecular flexibility index (Phi) is 5.64. The van der Waals surface area contributed by atoms with Gasteiger partial charge in [0.2, 0.25) is 0 Å². The Morgan fingerprint density at radius 2 is 2.12 bits per heavy atom. The molecule has 1 rings (SSSR count). The van der Waals surface area contributed by atoms with Crippen molar-refractivity contribution in [1.82, 2.24) is 5.32 Å². The second kappa shape index (κ2) is 6.77. The second-order valence-electron chi connectivity index (χ2n) is 5.08. The van der Waals surface area contributed by atoms with Crippen LogP contribution >= 0.6 is 0 Å². The first-order chi connectivity index (χ1) is 7.63. The van der Waals surface area contributed by atoms with E-state index < -0.39 is 0 Å². The van der Waals surface area contributed by atoms with Crippen molar-refractivity contribution in [2.45, 2.75) is 59.0 Å². The lowest BCUT2D eigenvalue weighted by atomic mass is 9.80. The normalized spacial score (nSPS) is 29.8. The molecule has 1 saturated carbocycles. The second-order valence-corrected chi connectivity index (χ2v) is 5.08. The lowest BCUT2D eigenvalue weighted by Gasteiger charge is -2.31. The zero-order chi connectivity index (χ0) is 12.0. The van der Waals surface area contributed by atoms with Crippen molar-refractivity contribution in [3.63, 3.8) is 0 Å². The van der Waals surface area contributed by atoms with Crippen molar-refractivity contribution in [2.75, 3.05) is 6.54 Å². The number of carbonyl (C=O) groups excluding carboxylic acids is 1. The van der Waals surface area contributed by atoms with Crippen LogP contribution in [0.3, 0.4) is 0 Å². The topological polar surface area (TPSA) is 38.3 Å². The minimum Gasteiger partial charge on any atom is -0.446 e. The highest BCUT2D eigenvalue weighted by molar-refractivity contribution is 5.67. The number of rotatable bonds is 4. The maximum atomic E-state index is 11.4. The highest BCUT2D eigenvalue weighted by atomic mass is 16.6. The first-order valence-corrected chi connectivity index (χ1v) is 6.58. The summed E-state index contributed by atoms with van der Waals surface area (Å²) in [6.45, 7) is 7.36. The summed E-state index contributed by atoms with van der Waals surface area (Å²) in [5, 5.41) is 2.80. The van der Waals surface area contributed by atoms with E-state index in [4.69, 9.17) is 4.74 Å². The molecule has 0 aromatic carbocycles. The number of carbonyl (C=O) groups is 1. The zero-order valence-electron chi connectivity index (χ0n) is 10.8. The van der Waals surface area contributed by atoms with E-state index in [1.54, 1.807) is 0 Å². The molecule has 0 spiro atoms. The third-order valence-electron chi connectivity index (χ3n) is 3.62. The van der Waals surface area contributed by atoms with Crippen molar-refractivity contribution in [3.05, 3.63) is 0 Å². The Morgan fingerprint density at radius 1 is 1.38 bits per heavy atom. The molecule has 1 fully saturated rings. The van der Waals surface area contributed by atoms with E-state index >= 15 is 0 Å². The largest absolute Gasteiger partial charge is 0.446 e. The molecule has 0 bridgehead atoms. The zero-order valence-corrected chi connectivity index (χ0v) is 10.8. The fourth-order valence-electron chi connectivity index (χ4n) is 2.17. The minimum atomic E-state index is -0.236. The number of ether oxygens (including phenoxy) is 1. The van der Waals surface area contributed by atoms with Crippen LogP contribution in [-0.4, -0.2) is 18.7 Å². The van der Waals surface area contributed by atoms with Crippen molar-refractivity contribution in [3.8, 4) is 0 Å². The van der Waals surface area contributed by atoms with E-state index in [1.165, 1.54) is 6.42 Å². The van der Waals surface area contributed by atoms with Gasteiger partial charge in [-0.05, 0) is 37.5 Å². The number of alkyl carbamates (subject to hydrolysis) is 1. The molecule has 16 heavy (non-hydrogen) atoms. The molecule has 0 aliphatic heterocycles. The molecule has 3 unspecified atom stereocenters. The summed E-state index contributed by atoms with van der Waals surface area (Å²) >= 11 is 0. The number of unbranched alkanes of at least 4 members (excludes halogenated alkanes) is 1. The van der Waals surface area contributed by atoms with E-state index in [9.17, 15) is 4.79 Å². The van der Waals surface area contributed by atoms with Gasteiger partial charge in [0.25, 0.3) is 0 Å². The van der Waals surface area contributed by atoms with Gasteiger partial charge in [-0.2, -0.15) is 0 Å². The molecule has 1 N–H and O–H groups in total. The van der Waals surface area contributed by atoms with Crippen LogP contribution in [0.1, 0.15) is 54.3 Å². The van der Waals surface area contributed by atoms with Crippen LogP contribution in [0.5, 0.6) is 0 Å². The molecule has 0 heterocycles. The van der Waals surface area contributed by atoms with Crippen LogP contribution in [0.15, 0.2) is 0 Å². The number of hydrogen-bond donors (Lipinski definition) is 1. The van der Waals surface area contributed by atoms with E-state index in [0.717, 1.165) is 38.1 Å². The van der Waals surface area contributed by atoms with E-state index in [-0.39, 0.29) is 13.6 Å². The van der Waals surface area contributed by atoms with Gasteiger partial charge < -0.3 is 10.1 Å². The summed E-state index contributed by atoms with van der Waals surface area (Å²) in [6, 6.07) is 0. The fraction of sp³-hybridized carbons (Fsp3) is 0.923. The third-order valence-corrected chi connectivity index (χ3v) is 3.62. The van der Waals surface area contributed by atoms with Gasteiger partial charge in [-0.15, -0.1) is 0 Å². The van der Waals surface area contributed by atoms with Crippen LogP contribution in [0.4, 0.5) is 4.79 Å². The summed E-state index contributed by atoms with van der Waals surface area (Å²) in [4.78, 5) is 11.4. The molecule has 96 valence electrons. The molecule has 1 amide bonds. The smallest absolute Gasteiger partial charge is 0.407 e. The quantitative estimate of drug-likeness (QED) is 0.748. The molecular formula is C13H27NO2. The molecule has 0 saturated heterocycles. The first-order valence-electron chi connectivity index (χ1n) is 6.58. The Balaban J connectivity index is 0.00000256. The lowest BCUT2D eigenvalue weighted by molar-refractivity contribution is 0.0476. The minimum absolute atomic E-state index is 0. The van der Waals surface area contributed by atoms with Gasteiger partial charge >= 0.3 is 6.09 Å². The Morgan fingerprint density at radius 3 is 2.75 bits per heavy atom. The Bertz CT molecular complexity index is 223. The molecule has 3 nitrogen and oxygen atoms in total. The van der Waals surface area contributed by atoms with Crippen LogP contribution in [0, 0.1) is 11.8 Å². The van der Waals surface area contributed by atoms with Crippen molar-refractivity contribution in [2.24, 2.45) is 11.8 Å². The molecule has 0 aromatic rings. The van der Waals surface area contributed by atoms with Gasteiger partial charge in [0, 0.05) is 7.97 Å². The molecule has 3 atom stereocenters. The van der Waals surface area contributed by atoms with Crippen LogP contribution in [0.2, 0.25) is 0 Å². The Hall–Kier alpha value is -0.730. The summed E-state index contributed by atoms with van der Waals surface area (Å²) < 4.78 is 5.41. The van der Waals surface area contributed by atoms with Crippen molar-refractivity contribution < 1.29 is 11.0 Å². The average Bonchev–Trinajstić information content (AvgIpc) is 2.24. The van der Waals surface area contributed by atoms with Gasteiger partial charge in [0.15, 0.2) is 0 Å². The Labute approximate surface area is 100 Å². The van der Waals surface area contributed by atoms with Gasteiger partial charge in [-0.3, -0.25) is 0 Å². The summed E-state index contributed by atoms with van der Waals surface area (Å²) in [5.74, 6) is 1.44. The third kappa shape index (κ3) is 4.42. The lowest BCUT2D eigenvalue weighted by Crippen LogP contribution is -2.33. The number of hydrogen-bond acceptors (Lipinski definition) is 2. The average molecular weight is 229 g/mol. The van der Waals surface area contributed by atoms with Gasteiger partial charge in [0.05, 0.1) is 0 Å². The molecule has 0 aromatic heterocycles. The molecule has 3 heteroatoms. The number of nitrogens with one attached hydrogen (secondary N) is 1. The highest BCUT2D eigenvalue weighted by Gasteiger charge is 2.26. The molecule has 1 aliphatic rings. The van der Waals surface area contributed by atoms with Crippen molar-refractivity contribution >= 4 is 6.09 Å². The monoisotopic (exact) mass is 229 g/mol. The predicted molar refractivity (Wildman–Crippen MR) is 67.5 cm³/mol. The van der Waals surface area contributed by atoms with Gasteiger partial charge in [-0.1, -0.05) is 27.2 Å². The fourth-order valence-corrected chi connectivity index (χ4v) is 2.17. The predicted octanol–water partition coefficient (Wildman–Crippen LogP) is 3.58. The molecule has 0 radical (unpaired) electrons. The summed E-state index contributed by atoms with van der Waals surface area (Å²) in [5.41, 5.74) is 0. The molecular weight excluding hydrogens is 202 g/mol.